The van der Waals surface area contributed by atoms with Gasteiger partial charge in [-0.15, -0.1) is 0 Å². The minimum absolute atomic E-state index is 0. The van der Waals surface area contributed by atoms with Crippen LogP contribution in [0, 0.1) is 75.5 Å². The third-order valence-electron chi connectivity index (χ3n) is 5.12. The van der Waals surface area contributed by atoms with Gasteiger partial charge in [-0.25, -0.2) is 0 Å². The van der Waals surface area contributed by atoms with E-state index in [0.29, 0.717) is 5.56 Å². The van der Waals surface area contributed by atoms with Crippen LogP contribution in [0.2, 0.25) is 0 Å². The Bertz CT molecular complexity index is 1100. The van der Waals surface area contributed by atoms with Gasteiger partial charge in [0.2, 0.25) is 5.91 Å². The van der Waals surface area contributed by atoms with E-state index in [1.54, 1.807) is 26.1 Å². The van der Waals surface area contributed by atoms with Crippen molar-refractivity contribution in [3.05, 3.63) is 111 Å². The number of benzene rings is 2. The molecule has 0 saturated heterocycles. The molecule has 0 aromatic heterocycles. The van der Waals surface area contributed by atoms with Gasteiger partial charge in [-0.05, 0) is 99.7 Å². The Morgan fingerprint density at radius 2 is 1.49 bits per heavy atom. The zero-order valence-electron chi connectivity index (χ0n) is 20.7. The van der Waals surface area contributed by atoms with Crippen LogP contribution >= 0.6 is 0 Å². The number of likely N-dealkylation sites (N-methyl/N-ethyl adjacent to an activating group) is 1. The second kappa shape index (κ2) is 16.1. The number of nitrogens with one attached hydrogen (secondary N) is 1. The van der Waals surface area contributed by atoms with Gasteiger partial charge in [0, 0.05) is 18.2 Å². The fourth-order valence-corrected chi connectivity index (χ4v) is 3.33. The molecule has 2 aromatic rings. The first-order chi connectivity index (χ1) is 17.5. The maximum Gasteiger partial charge on any atom is 2.00 e. The van der Waals surface area contributed by atoms with Crippen LogP contribution in [0.3, 0.4) is 0 Å². The third kappa shape index (κ3) is 10.2. The molecule has 7 heteroatoms. The number of rotatable bonds is 6. The summed E-state index contributed by atoms with van der Waals surface area (Å²) in [5.74, 6) is 5.99. The van der Waals surface area contributed by atoms with E-state index in [2.05, 4.69) is 17.2 Å². The van der Waals surface area contributed by atoms with Crippen LogP contribution in [0.5, 0.6) is 0 Å². The molecule has 0 heterocycles. The zero-order chi connectivity index (χ0) is 25.8. The van der Waals surface area contributed by atoms with Gasteiger partial charge in [0.05, 0.1) is 19.1 Å². The van der Waals surface area contributed by atoms with Crippen molar-refractivity contribution in [2.45, 2.75) is 6.92 Å². The van der Waals surface area contributed by atoms with E-state index in [1.165, 1.54) is 4.90 Å². The molecule has 6 nitrogen and oxygen atoms in total. The predicted octanol–water partition coefficient (Wildman–Crippen LogP) is 3.37. The summed E-state index contributed by atoms with van der Waals surface area (Å²) in [6.07, 6.45) is 17.8. The first kappa shape index (κ1) is 30.4. The minimum Gasteiger partial charge on any atom is -0.465 e. The van der Waals surface area contributed by atoms with E-state index in [1.807, 2.05) is 82.1 Å². The van der Waals surface area contributed by atoms with E-state index in [9.17, 15) is 14.4 Å². The molecule has 0 aliphatic heterocycles. The van der Waals surface area contributed by atoms with Crippen molar-refractivity contribution in [1.29, 1.82) is 0 Å². The van der Waals surface area contributed by atoms with Gasteiger partial charge in [0.1, 0.15) is 6.54 Å². The first-order valence-electron chi connectivity index (χ1n) is 11.6. The van der Waals surface area contributed by atoms with Crippen LogP contribution in [0.4, 0.5) is 0 Å². The van der Waals surface area contributed by atoms with Gasteiger partial charge >= 0.3 is 23.0 Å². The molecule has 2 fully saturated rings. The number of fused-ring (bicyclic) bond motifs is 1. The van der Waals surface area contributed by atoms with Crippen LogP contribution in [0.25, 0.3) is 10.8 Å². The number of carbonyl (C=O) groups is 3. The van der Waals surface area contributed by atoms with Crippen LogP contribution in [-0.4, -0.2) is 49.4 Å². The molecule has 0 atom stereocenters. The average Bonchev–Trinajstić information content (AvgIpc) is 3.63. The Hall–Kier alpha value is -2.81. The Morgan fingerprint density at radius 3 is 2.14 bits per heavy atom. The molecule has 0 unspecified atom stereocenters. The Balaban J connectivity index is 0.000000716. The van der Waals surface area contributed by atoms with Crippen molar-refractivity contribution < 1.29 is 36.2 Å². The monoisotopic (exact) mass is 536 g/mol. The molecule has 0 spiro atoms. The number of carbonyl (C=O) groups excluding carboxylic acids is 3. The number of ether oxygens (including phenoxy) is 1. The van der Waals surface area contributed by atoms with Gasteiger partial charge in [-0.1, -0.05) is 24.0 Å². The van der Waals surface area contributed by atoms with E-state index < -0.39 is 11.9 Å². The Labute approximate surface area is 231 Å². The molecular weight excluding hydrogens is 508 g/mol. The summed E-state index contributed by atoms with van der Waals surface area (Å²) in [4.78, 5) is 37.3. The van der Waals surface area contributed by atoms with Gasteiger partial charge in [-0.3, -0.25) is 14.4 Å². The summed E-state index contributed by atoms with van der Waals surface area (Å²) in [5.41, 5.74) is 1.37. The predicted molar refractivity (Wildman–Crippen MR) is 139 cm³/mol. The van der Waals surface area contributed by atoms with Gasteiger partial charge in [-0.2, -0.15) is 0 Å². The molecule has 2 saturated carbocycles. The van der Waals surface area contributed by atoms with E-state index in [0.717, 1.165) is 22.3 Å². The fourth-order valence-electron chi connectivity index (χ4n) is 3.33. The van der Waals surface area contributed by atoms with Crippen molar-refractivity contribution in [2.75, 3.05) is 26.7 Å². The quantitative estimate of drug-likeness (QED) is 0.349. The fraction of sp³-hybridized carbons (Fsp3) is 0.167. The smallest absolute Gasteiger partial charge is 0.465 e. The number of nitrogens with zero attached hydrogens (tertiary/aromatic N) is 1. The van der Waals surface area contributed by atoms with E-state index >= 15 is 0 Å². The number of esters is 1. The van der Waals surface area contributed by atoms with Gasteiger partial charge in [0.15, 0.2) is 0 Å². The SMILES string of the molecule is CCOC(=O)CNC(=O)CN(C)C(=O)c1ccc2cc(C#C[C]3[CH][CH][CH][CH]3)ccc2c1.[CH]1[CH][CH][CH][CH]1.[Fe+2]. The van der Waals surface area contributed by atoms with Crippen molar-refractivity contribution in [3.8, 4) is 11.8 Å². The maximum absolute atomic E-state index is 12.7. The second-order valence-corrected chi connectivity index (χ2v) is 7.91. The van der Waals surface area contributed by atoms with Crippen molar-refractivity contribution >= 4 is 28.6 Å². The molecule has 2 amide bonds. The van der Waals surface area contributed by atoms with Crippen LogP contribution < -0.4 is 5.32 Å². The van der Waals surface area contributed by atoms with E-state index in [4.69, 9.17) is 4.74 Å². The third-order valence-corrected chi connectivity index (χ3v) is 5.12. The van der Waals surface area contributed by atoms with E-state index in [-0.39, 0.29) is 42.7 Å². The van der Waals surface area contributed by atoms with Crippen LogP contribution in [0.1, 0.15) is 22.8 Å². The molecule has 37 heavy (non-hydrogen) atoms. The topological polar surface area (TPSA) is 75.7 Å². The molecule has 188 valence electrons. The number of hydrogen-bond acceptors (Lipinski definition) is 4. The van der Waals surface area contributed by atoms with Crippen molar-refractivity contribution in [1.82, 2.24) is 10.2 Å². The molecule has 4 rings (SSSR count). The molecule has 1 N–H and O–H groups in total. The average molecular weight is 536 g/mol. The first-order valence-corrected chi connectivity index (χ1v) is 11.6. The zero-order valence-corrected chi connectivity index (χ0v) is 21.8. The van der Waals surface area contributed by atoms with Gasteiger partial charge in [0.25, 0.3) is 5.91 Å². The standard InChI is InChI=1S/C25H23N2O4.C5H5.Fe/c1-3-31-24(29)16-26-23(28)17-27(2)25(30)22-13-12-20-14-19(10-11-21(20)15-22)9-8-18-6-4-5-7-18;1-2-4-5-3-1;/h4-7,10-15H,3,16-17H2,1-2H3,(H,26,28);1-5H;/q;;+2. The van der Waals surface area contributed by atoms with Crippen LogP contribution in [-0.2, 0) is 31.4 Å². The number of hydrogen-bond donors (Lipinski definition) is 1. The summed E-state index contributed by atoms with van der Waals surface area (Å²) >= 11 is 0. The summed E-state index contributed by atoms with van der Waals surface area (Å²) in [5, 5.41) is 4.32. The molecule has 10 radical (unpaired) electrons. The normalized spacial score (nSPS) is 14.4. The molecule has 2 aromatic carbocycles. The summed E-state index contributed by atoms with van der Waals surface area (Å²) in [6, 6.07) is 11.2. The second-order valence-electron chi connectivity index (χ2n) is 7.91. The molecule has 0 bridgehead atoms. The molecular formula is C30H28FeN2O4+2. The largest absolute Gasteiger partial charge is 2.00 e. The summed E-state index contributed by atoms with van der Waals surface area (Å²) in [6.45, 7) is 1.56. The van der Waals surface area contributed by atoms with Crippen LogP contribution in [0.15, 0.2) is 36.4 Å². The summed E-state index contributed by atoms with van der Waals surface area (Å²) in [7, 11) is 1.54. The molecule has 2 aliphatic rings. The van der Waals surface area contributed by atoms with Gasteiger partial charge < -0.3 is 15.0 Å². The maximum atomic E-state index is 12.7. The summed E-state index contributed by atoms with van der Waals surface area (Å²) < 4.78 is 4.75. The van der Waals surface area contributed by atoms with Crippen molar-refractivity contribution in [2.24, 2.45) is 0 Å². The minimum atomic E-state index is -0.516. The van der Waals surface area contributed by atoms with Crippen molar-refractivity contribution in [3.63, 3.8) is 0 Å². The number of amides is 2. The Morgan fingerprint density at radius 1 is 0.865 bits per heavy atom. The molecule has 2 aliphatic carbocycles. The Kier molecular flexibility index (Phi) is 13.2.